The zero-order chi connectivity index (χ0) is 24.5. The van der Waals surface area contributed by atoms with Gasteiger partial charge in [0.25, 0.3) is 5.91 Å². The van der Waals surface area contributed by atoms with Crippen molar-refractivity contribution in [2.45, 2.75) is 32.6 Å². The molecule has 3 aromatic carbocycles. The monoisotopic (exact) mass is 469 g/mol. The molecule has 1 saturated carbocycles. The molecule has 35 heavy (non-hydrogen) atoms. The van der Waals surface area contributed by atoms with Gasteiger partial charge in [0.15, 0.2) is 0 Å². The number of nitrogens with one attached hydrogen (secondary N) is 1. The Hall–Kier alpha value is -4.26. The molecule has 1 amide bonds. The number of hydrogen-bond donors (Lipinski definition) is 1. The van der Waals surface area contributed by atoms with Gasteiger partial charge in [-0.1, -0.05) is 35.9 Å². The number of esters is 1. The third kappa shape index (κ3) is 4.84. The first-order chi connectivity index (χ1) is 16.9. The Labute approximate surface area is 202 Å². The molecule has 7 heteroatoms. The van der Waals surface area contributed by atoms with E-state index in [9.17, 15) is 14.0 Å². The Morgan fingerprint density at radius 1 is 1.03 bits per heavy atom. The lowest BCUT2D eigenvalue weighted by Gasteiger charge is -2.11. The van der Waals surface area contributed by atoms with E-state index in [1.165, 1.54) is 25.1 Å². The summed E-state index contributed by atoms with van der Waals surface area (Å²) in [5, 5.41) is 7.64. The number of aryl methyl sites for hydroxylation is 1. The van der Waals surface area contributed by atoms with Crippen molar-refractivity contribution >= 4 is 17.6 Å². The van der Waals surface area contributed by atoms with E-state index >= 15 is 0 Å². The van der Waals surface area contributed by atoms with E-state index in [-0.39, 0.29) is 5.56 Å². The number of nitrogens with zero attached hydrogens (tertiary/aromatic N) is 2. The van der Waals surface area contributed by atoms with Gasteiger partial charge in [-0.25, -0.2) is 4.39 Å². The van der Waals surface area contributed by atoms with E-state index in [0.29, 0.717) is 17.5 Å². The predicted octanol–water partition coefficient (Wildman–Crippen LogP) is 6.04. The minimum Gasteiger partial charge on any atom is -0.407 e. The zero-order valence-electron chi connectivity index (χ0n) is 19.4. The summed E-state index contributed by atoms with van der Waals surface area (Å²) in [6.07, 6.45) is 2.05. The van der Waals surface area contributed by atoms with Gasteiger partial charge in [-0.15, -0.1) is 0 Å². The van der Waals surface area contributed by atoms with Crippen molar-refractivity contribution in [2.75, 3.05) is 5.32 Å². The molecule has 0 unspecified atom stereocenters. The average Bonchev–Trinajstić information content (AvgIpc) is 3.62. The minimum absolute atomic E-state index is 0.238. The standard InChI is InChI=1S/C28H24FN3O3/c1-17-6-14-24(15-7-17)32-28(35-18(2)33)25(26(31-32)20-8-9-20)19-10-12-23(13-11-19)30-27(34)21-4-3-5-22(29)16-21/h3-7,10-16,20H,8-9H2,1-2H3,(H,30,34). The Morgan fingerprint density at radius 2 is 1.74 bits per heavy atom. The number of benzene rings is 3. The van der Waals surface area contributed by atoms with Gasteiger partial charge in [-0.3, -0.25) is 9.59 Å². The molecule has 1 aliphatic carbocycles. The molecule has 1 aliphatic rings. The van der Waals surface area contributed by atoms with Crippen LogP contribution in [0.25, 0.3) is 16.8 Å². The first-order valence-corrected chi connectivity index (χ1v) is 11.4. The van der Waals surface area contributed by atoms with E-state index in [0.717, 1.165) is 40.9 Å². The predicted molar refractivity (Wildman–Crippen MR) is 131 cm³/mol. The second-order valence-corrected chi connectivity index (χ2v) is 8.72. The van der Waals surface area contributed by atoms with Crippen LogP contribution < -0.4 is 10.1 Å². The number of rotatable bonds is 6. The number of anilines is 1. The highest BCUT2D eigenvalue weighted by atomic mass is 19.1. The van der Waals surface area contributed by atoms with Crippen molar-refractivity contribution in [1.29, 1.82) is 0 Å². The van der Waals surface area contributed by atoms with Crippen LogP contribution in [0.15, 0.2) is 72.8 Å². The molecule has 4 aromatic rings. The maximum atomic E-state index is 13.5. The van der Waals surface area contributed by atoms with Crippen molar-refractivity contribution in [3.8, 4) is 22.7 Å². The minimum atomic E-state index is -0.468. The highest BCUT2D eigenvalue weighted by Gasteiger charge is 2.34. The van der Waals surface area contributed by atoms with Gasteiger partial charge >= 0.3 is 5.97 Å². The smallest absolute Gasteiger partial charge is 0.309 e. The molecule has 0 aliphatic heterocycles. The normalized spacial score (nSPS) is 12.9. The number of amides is 1. The lowest BCUT2D eigenvalue weighted by atomic mass is 10.0. The van der Waals surface area contributed by atoms with Crippen molar-refractivity contribution in [3.05, 3.63) is 95.4 Å². The van der Waals surface area contributed by atoms with Crippen molar-refractivity contribution in [1.82, 2.24) is 9.78 Å². The topological polar surface area (TPSA) is 73.2 Å². The Balaban J connectivity index is 1.51. The van der Waals surface area contributed by atoms with E-state index in [2.05, 4.69) is 5.32 Å². The van der Waals surface area contributed by atoms with Gasteiger partial charge in [0, 0.05) is 24.1 Å². The zero-order valence-corrected chi connectivity index (χ0v) is 19.4. The first-order valence-electron chi connectivity index (χ1n) is 11.4. The maximum absolute atomic E-state index is 13.5. The van der Waals surface area contributed by atoms with E-state index < -0.39 is 17.7 Å². The molecule has 1 aromatic heterocycles. The Kier molecular flexibility index (Phi) is 5.91. The summed E-state index contributed by atoms with van der Waals surface area (Å²) in [7, 11) is 0. The van der Waals surface area contributed by atoms with Gasteiger partial charge in [-0.05, 0) is 67.8 Å². The molecule has 6 nitrogen and oxygen atoms in total. The number of hydrogen-bond acceptors (Lipinski definition) is 4. The van der Waals surface area contributed by atoms with Crippen molar-refractivity contribution in [3.63, 3.8) is 0 Å². The van der Waals surface area contributed by atoms with Crippen LogP contribution in [0.1, 0.15) is 47.3 Å². The molecular formula is C28H24FN3O3. The van der Waals surface area contributed by atoms with Crippen molar-refractivity contribution in [2.24, 2.45) is 0 Å². The highest BCUT2D eigenvalue weighted by Crippen LogP contribution is 2.48. The van der Waals surface area contributed by atoms with Gasteiger partial charge < -0.3 is 10.1 Å². The molecule has 1 fully saturated rings. The highest BCUT2D eigenvalue weighted by molar-refractivity contribution is 6.04. The van der Waals surface area contributed by atoms with Crippen LogP contribution in [0.5, 0.6) is 5.88 Å². The van der Waals surface area contributed by atoms with Crippen LogP contribution in [-0.4, -0.2) is 21.7 Å². The number of carbonyl (C=O) groups is 2. The summed E-state index contributed by atoms with van der Waals surface area (Å²) in [5.41, 5.74) is 5.21. The SMILES string of the molecule is CC(=O)Oc1c(-c2ccc(NC(=O)c3cccc(F)c3)cc2)c(C2CC2)nn1-c1ccc(C)cc1. The van der Waals surface area contributed by atoms with Crippen LogP contribution in [-0.2, 0) is 4.79 Å². The van der Waals surface area contributed by atoms with Gasteiger partial charge in [0.2, 0.25) is 5.88 Å². The molecule has 176 valence electrons. The van der Waals surface area contributed by atoms with Crippen LogP contribution >= 0.6 is 0 Å². The second-order valence-electron chi connectivity index (χ2n) is 8.72. The fraction of sp³-hybridized carbons (Fsp3) is 0.179. The average molecular weight is 470 g/mol. The lowest BCUT2D eigenvalue weighted by molar-refractivity contribution is -0.132. The summed E-state index contributed by atoms with van der Waals surface area (Å²) in [6.45, 7) is 3.38. The summed E-state index contributed by atoms with van der Waals surface area (Å²) in [6, 6.07) is 20.6. The van der Waals surface area contributed by atoms with Gasteiger partial charge in [-0.2, -0.15) is 9.78 Å². The molecule has 0 radical (unpaired) electrons. The number of aromatic nitrogens is 2. The third-order valence-electron chi connectivity index (χ3n) is 5.87. The van der Waals surface area contributed by atoms with Crippen LogP contribution in [0.3, 0.4) is 0 Å². The number of halogens is 1. The first kappa shape index (κ1) is 22.5. The van der Waals surface area contributed by atoms with E-state index in [1.807, 2.05) is 43.3 Å². The number of ether oxygens (including phenoxy) is 1. The third-order valence-corrected chi connectivity index (χ3v) is 5.87. The van der Waals surface area contributed by atoms with Gasteiger partial charge in [0.05, 0.1) is 16.9 Å². The summed E-state index contributed by atoms with van der Waals surface area (Å²) >= 11 is 0. The van der Waals surface area contributed by atoms with Crippen LogP contribution in [0.2, 0.25) is 0 Å². The fourth-order valence-corrected chi connectivity index (χ4v) is 3.98. The van der Waals surface area contributed by atoms with E-state index in [4.69, 9.17) is 9.84 Å². The molecule has 1 heterocycles. The number of carbonyl (C=O) groups excluding carboxylic acids is 2. The lowest BCUT2D eigenvalue weighted by Crippen LogP contribution is -2.11. The van der Waals surface area contributed by atoms with E-state index in [1.54, 1.807) is 22.9 Å². The van der Waals surface area contributed by atoms with Crippen LogP contribution in [0, 0.1) is 12.7 Å². The van der Waals surface area contributed by atoms with Crippen LogP contribution in [0.4, 0.5) is 10.1 Å². The Bertz CT molecular complexity index is 1400. The summed E-state index contributed by atoms with van der Waals surface area (Å²) in [4.78, 5) is 24.5. The fourth-order valence-electron chi connectivity index (χ4n) is 3.98. The molecule has 0 bridgehead atoms. The molecule has 0 spiro atoms. The maximum Gasteiger partial charge on any atom is 0.309 e. The molecule has 0 saturated heterocycles. The van der Waals surface area contributed by atoms with Crippen molar-refractivity contribution < 1.29 is 18.7 Å². The Morgan fingerprint density at radius 3 is 2.37 bits per heavy atom. The summed E-state index contributed by atoms with van der Waals surface area (Å²) in [5.74, 6) is -0.619. The molecular weight excluding hydrogens is 445 g/mol. The molecule has 0 atom stereocenters. The quantitative estimate of drug-likeness (QED) is 0.349. The largest absolute Gasteiger partial charge is 0.407 e. The second kappa shape index (κ2) is 9.18. The van der Waals surface area contributed by atoms with Gasteiger partial charge in [0.1, 0.15) is 5.82 Å². The summed E-state index contributed by atoms with van der Waals surface area (Å²) < 4.78 is 20.8. The molecule has 5 rings (SSSR count). The molecule has 1 N–H and O–H groups in total.